The lowest BCUT2D eigenvalue weighted by atomic mass is 10.1. The van der Waals surface area contributed by atoms with Crippen molar-refractivity contribution >= 4 is 10.9 Å². The number of hydrogen-bond donors (Lipinski definition) is 0. The molecule has 1 aromatic carbocycles. The first-order valence-electron chi connectivity index (χ1n) is 8.15. The maximum Gasteiger partial charge on any atom is 0.263 e. The van der Waals surface area contributed by atoms with E-state index in [2.05, 4.69) is 26.6 Å². The second-order valence-corrected chi connectivity index (χ2v) is 5.72. The van der Waals surface area contributed by atoms with Crippen molar-refractivity contribution in [2.75, 3.05) is 0 Å². The summed E-state index contributed by atoms with van der Waals surface area (Å²) in [5.41, 5.74) is 1.80. The molecule has 0 aliphatic carbocycles. The van der Waals surface area contributed by atoms with E-state index in [0.29, 0.717) is 22.5 Å². The molecule has 0 aliphatic rings. The Bertz CT molecular complexity index is 1080. The molecule has 0 amide bonds. The van der Waals surface area contributed by atoms with Crippen molar-refractivity contribution in [1.82, 2.24) is 19.7 Å². The maximum atomic E-state index is 12.9. The third kappa shape index (κ3) is 2.71. The second kappa shape index (κ2) is 6.32. The zero-order chi connectivity index (χ0) is 17.2. The van der Waals surface area contributed by atoms with Gasteiger partial charge in [0, 0.05) is 24.3 Å². The van der Waals surface area contributed by atoms with Crippen molar-refractivity contribution in [2.24, 2.45) is 0 Å². The van der Waals surface area contributed by atoms with Crippen LogP contribution in [0.5, 0.6) is 0 Å². The molecule has 0 aliphatic heterocycles. The molecule has 124 valence electrons. The van der Waals surface area contributed by atoms with Gasteiger partial charge in [-0.2, -0.15) is 4.98 Å². The van der Waals surface area contributed by atoms with Crippen LogP contribution in [0.25, 0.3) is 33.9 Å². The Morgan fingerprint density at radius 2 is 1.96 bits per heavy atom. The summed E-state index contributed by atoms with van der Waals surface area (Å²) in [6, 6.07) is 13.0. The van der Waals surface area contributed by atoms with Gasteiger partial charge in [-0.05, 0) is 30.7 Å². The number of hydrogen-bond acceptors (Lipinski definition) is 5. The van der Waals surface area contributed by atoms with E-state index >= 15 is 0 Å². The highest BCUT2D eigenvalue weighted by atomic mass is 16.5. The predicted octanol–water partition coefficient (Wildman–Crippen LogP) is 3.52. The quantitative estimate of drug-likeness (QED) is 0.571. The van der Waals surface area contributed by atoms with E-state index in [9.17, 15) is 4.79 Å². The number of pyridine rings is 2. The molecule has 25 heavy (non-hydrogen) atoms. The SMILES string of the molecule is CCCn1cc(-c2nc(-c3ccccn3)no2)c(=O)c2ccccc21. The predicted molar refractivity (Wildman–Crippen MR) is 95.0 cm³/mol. The van der Waals surface area contributed by atoms with E-state index in [0.717, 1.165) is 18.5 Å². The zero-order valence-electron chi connectivity index (χ0n) is 13.7. The average molecular weight is 332 g/mol. The molecule has 0 saturated heterocycles. The smallest absolute Gasteiger partial charge is 0.263 e. The summed E-state index contributed by atoms with van der Waals surface area (Å²) in [7, 11) is 0. The van der Waals surface area contributed by atoms with Gasteiger partial charge < -0.3 is 9.09 Å². The molecular weight excluding hydrogens is 316 g/mol. The maximum absolute atomic E-state index is 12.9. The Balaban J connectivity index is 1.89. The van der Waals surface area contributed by atoms with Gasteiger partial charge in [-0.3, -0.25) is 9.78 Å². The number of para-hydroxylation sites is 1. The Kier molecular flexibility index (Phi) is 3.85. The minimum Gasteiger partial charge on any atom is -0.346 e. The fourth-order valence-electron chi connectivity index (χ4n) is 2.86. The highest BCUT2D eigenvalue weighted by molar-refractivity contribution is 5.82. The Morgan fingerprint density at radius 1 is 1.12 bits per heavy atom. The third-order valence-electron chi connectivity index (χ3n) is 4.00. The van der Waals surface area contributed by atoms with E-state index < -0.39 is 0 Å². The topological polar surface area (TPSA) is 73.8 Å². The Morgan fingerprint density at radius 3 is 2.76 bits per heavy atom. The molecule has 3 aromatic heterocycles. The molecule has 0 radical (unpaired) electrons. The standard InChI is InChI=1S/C19H16N4O2/c1-2-11-23-12-14(17(24)13-7-3-4-9-16(13)23)19-21-18(22-25-19)15-8-5-6-10-20-15/h3-10,12H,2,11H2,1H3. The molecule has 0 fully saturated rings. The van der Waals surface area contributed by atoms with Crippen LogP contribution in [0.4, 0.5) is 0 Å². The number of rotatable bonds is 4. The monoisotopic (exact) mass is 332 g/mol. The van der Waals surface area contributed by atoms with Gasteiger partial charge in [-0.15, -0.1) is 0 Å². The summed E-state index contributed by atoms with van der Waals surface area (Å²) in [6.45, 7) is 2.90. The van der Waals surface area contributed by atoms with E-state index in [-0.39, 0.29) is 11.3 Å². The molecule has 0 bridgehead atoms. The van der Waals surface area contributed by atoms with Crippen LogP contribution in [0.15, 0.2) is 64.2 Å². The lowest BCUT2D eigenvalue weighted by Crippen LogP contribution is -2.12. The van der Waals surface area contributed by atoms with Crippen LogP contribution < -0.4 is 5.43 Å². The third-order valence-corrected chi connectivity index (χ3v) is 4.00. The van der Waals surface area contributed by atoms with Crippen molar-refractivity contribution in [3.63, 3.8) is 0 Å². The number of benzene rings is 1. The molecule has 0 spiro atoms. The summed E-state index contributed by atoms with van der Waals surface area (Å²) in [5, 5.41) is 4.61. The molecule has 3 heterocycles. The van der Waals surface area contributed by atoms with Crippen molar-refractivity contribution in [3.8, 4) is 23.0 Å². The summed E-state index contributed by atoms with van der Waals surface area (Å²) < 4.78 is 7.41. The molecule has 0 unspecified atom stereocenters. The first-order chi connectivity index (χ1) is 12.3. The van der Waals surface area contributed by atoms with Crippen LogP contribution in [0, 0.1) is 0 Å². The lowest BCUT2D eigenvalue weighted by molar-refractivity contribution is 0.431. The van der Waals surface area contributed by atoms with Gasteiger partial charge in [0.1, 0.15) is 11.3 Å². The van der Waals surface area contributed by atoms with Crippen molar-refractivity contribution < 1.29 is 4.52 Å². The van der Waals surface area contributed by atoms with E-state index in [1.807, 2.05) is 36.4 Å². The van der Waals surface area contributed by atoms with Gasteiger partial charge in [-0.1, -0.05) is 30.3 Å². The van der Waals surface area contributed by atoms with Gasteiger partial charge in [0.15, 0.2) is 0 Å². The van der Waals surface area contributed by atoms with Gasteiger partial charge in [0.05, 0.1) is 5.52 Å². The molecule has 4 aromatic rings. The van der Waals surface area contributed by atoms with Gasteiger partial charge >= 0.3 is 0 Å². The Hall–Kier alpha value is -3.28. The summed E-state index contributed by atoms with van der Waals surface area (Å²) in [6.07, 6.45) is 4.41. The molecule has 6 nitrogen and oxygen atoms in total. The lowest BCUT2D eigenvalue weighted by Gasteiger charge is -2.10. The number of fused-ring (bicyclic) bond motifs is 1. The van der Waals surface area contributed by atoms with Crippen LogP contribution in [0.3, 0.4) is 0 Å². The first-order valence-corrected chi connectivity index (χ1v) is 8.15. The van der Waals surface area contributed by atoms with Crippen LogP contribution >= 0.6 is 0 Å². The second-order valence-electron chi connectivity index (χ2n) is 5.72. The number of aromatic nitrogens is 4. The van der Waals surface area contributed by atoms with E-state index in [1.54, 1.807) is 18.5 Å². The highest BCUT2D eigenvalue weighted by Crippen LogP contribution is 2.21. The van der Waals surface area contributed by atoms with Crippen LogP contribution in [-0.2, 0) is 6.54 Å². The normalized spacial score (nSPS) is 11.1. The summed E-state index contributed by atoms with van der Waals surface area (Å²) >= 11 is 0. The van der Waals surface area contributed by atoms with Gasteiger partial charge in [0.25, 0.3) is 5.89 Å². The summed E-state index contributed by atoms with van der Waals surface area (Å²) in [5.74, 6) is 0.575. The molecule has 0 saturated carbocycles. The van der Waals surface area contributed by atoms with Gasteiger partial charge in [-0.25, -0.2) is 0 Å². The van der Waals surface area contributed by atoms with Crippen LogP contribution in [-0.4, -0.2) is 19.7 Å². The number of nitrogens with zero attached hydrogens (tertiary/aromatic N) is 4. The number of aryl methyl sites for hydroxylation is 1. The van der Waals surface area contributed by atoms with E-state index in [1.165, 1.54) is 0 Å². The zero-order valence-corrected chi connectivity index (χ0v) is 13.7. The molecular formula is C19H16N4O2. The molecule has 0 atom stereocenters. The van der Waals surface area contributed by atoms with Crippen molar-refractivity contribution in [1.29, 1.82) is 0 Å². The molecule has 0 N–H and O–H groups in total. The Labute approximate surface area is 143 Å². The van der Waals surface area contributed by atoms with Crippen molar-refractivity contribution in [2.45, 2.75) is 19.9 Å². The summed E-state index contributed by atoms with van der Waals surface area (Å²) in [4.78, 5) is 21.4. The minimum absolute atomic E-state index is 0.112. The largest absolute Gasteiger partial charge is 0.346 e. The van der Waals surface area contributed by atoms with Crippen LogP contribution in [0.1, 0.15) is 13.3 Å². The van der Waals surface area contributed by atoms with Crippen molar-refractivity contribution in [3.05, 3.63) is 65.1 Å². The van der Waals surface area contributed by atoms with Crippen LogP contribution in [0.2, 0.25) is 0 Å². The fourth-order valence-corrected chi connectivity index (χ4v) is 2.86. The molecule has 4 rings (SSSR count). The average Bonchev–Trinajstić information content (AvgIpc) is 3.15. The van der Waals surface area contributed by atoms with Gasteiger partial charge in [0.2, 0.25) is 11.3 Å². The molecule has 6 heteroatoms. The van der Waals surface area contributed by atoms with E-state index in [4.69, 9.17) is 4.52 Å². The fraction of sp³-hybridized carbons (Fsp3) is 0.158. The first kappa shape index (κ1) is 15.3. The highest BCUT2D eigenvalue weighted by Gasteiger charge is 2.17. The minimum atomic E-state index is -0.112.